The molecule has 0 spiro atoms. The average Bonchev–Trinajstić information content (AvgIpc) is 2.52. The molecule has 0 atom stereocenters. The molecule has 1 aromatic heterocycles. The van der Waals surface area contributed by atoms with Crippen LogP contribution in [0.3, 0.4) is 0 Å². The summed E-state index contributed by atoms with van der Waals surface area (Å²) in [4.78, 5) is 15.7. The van der Waals surface area contributed by atoms with Gasteiger partial charge in [-0.2, -0.15) is 0 Å². The van der Waals surface area contributed by atoms with Gasteiger partial charge in [0.1, 0.15) is 11.6 Å². The Balaban J connectivity index is 1.60. The van der Waals surface area contributed by atoms with Gasteiger partial charge in [-0.1, -0.05) is 18.2 Å². The molecule has 110 valence electrons. The van der Waals surface area contributed by atoms with E-state index in [1.807, 2.05) is 18.2 Å². The predicted octanol–water partition coefficient (Wildman–Crippen LogP) is 2.13. The van der Waals surface area contributed by atoms with Crippen molar-refractivity contribution < 1.29 is 9.18 Å². The summed E-state index contributed by atoms with van der Waals surface area (Å²) in [5.41, 5.74) is 0.846. The summed E-state index contributed by atoms with van der Waals surface area (Å²) in [6, 6.07) is 11.3. The Morgan fingerprint density at radius 2 is 1.86 bits per heavy atom. The van der Waals surface area contributed by atoms with E-state index in [1.54, 1.807) is 18.3 Å². The molecule has 3 N–H and O–H groups in total. The molecular formula is C15H17FN4O. The fraction of sp³-hybridized carbons (Fsp3) is 0.200. The van der Waals surface area contributed by atoms with Crippen molar-refractivity contribution in [3.8, 4) is 0 Å². The summed E-state index contributed by atoms with van der Waals surface area (Å²) in [6.45, 7) is 1.42. The number of nitrogens with one attached hydrogen (secondary N) is 3. The lowest BCUT2D eigenvalue weighted by atomic mass is 10.2. The Hall–Kier alpha value is -2.63. The van der Waals surface area contributed by atoms with Gasteiger partial charge in [-0.15, -0.1) is 0 Å². The van der Waals surface area contributed by atoms with E-state index in [9.17, 15) is 9.18 Å². The third-order valence-electron chi connectivity index (χ3n) is 2.75. The predicted molar refractivity (Wildman–Crippen MR) is 79.4 cm³/mol. The van der Waals surface area contributed by atoms with Gasteiger partial charge in [0.15, 0.2) is 0 Å². The standard InChI is InChI=1S/C15H17FN4O/c16-13-6-4-12(5-7-13)11-20-15(21)19-10-9-18-14-3-1-2-8-17-14/h1-8H,9-11H2,(H,17,18)(H2,19,20,21). The number of aromatic nitrogens is 1. The second-order valence-electron chi connectivity index (χ2n) is 4.38. The molecule has 0 radical (unpaired) electrons. The molecule has 0 bridgehead atoms. The molecule has 0 saturated heterocycles. The van der Waals surface area contributed by atoms with Crippen LogP contribution in [-0.4, -0.2) is 24.1 Å². The minimum atomic E-state index is -0.288. The van der Waals surface area contributed by atoms with Crippen LogP contribution in [0.4, 0.5) is 15.0 Å². The van der Waals surface area contributed by atoms with Crippen molar-refractivity contribution in [1.82, 2.24) is 15.6 Å². The van der Waals surface area contributed by atoms with E-state index in [0.717, 1.165) is 11.4 Å². The largest absolute Gasteiger partial charge is 0.368 e. The first-order valence-electron chi connectivity index (χ1n) is 6.65. The van der Waals surface area contributed by atoms with Gasteiger partial charge >= 0.3 is 6.03 Å². The van der Waals surface area contributed by atoms with Crippen LogP contribution in [0.5, 0.6) is 0 Å². The van der Waals surface area contributed by atoms with E-state index in [4.69, 9.17) is 0 Å². The lowest BCUT2D eigenvalue weighted by Gasteiger charge is -2.09. The first-order chi connectivity index (χ1) is 10.2. The van der Waals surface area contributed by atoms with Crippen molar-refractivity contribution >= 4 is 11.8 Å². The number of halogens is 1. The Bertz CT molecular complexity index is 560. The molecule has 0 aliphatic carbocycles. The smallest absolute Gasteiger partial charge is 0.315 e. The topological polar surface area (TPSA) is 66.0 Å². The number of benzene rings is 1. The molecule has 0 saturated carbocycles. The molecule has 1 aromatic carbocycles. The molecule has 21 heavy (non-hydrogen) atoms. The normalized spacial score (nSPS) is 9.95. The van der Waals surface area contributed by atoms with Crippen molar-refractivity contribution in [1.29, 1.82) is 0 Å². The van der Waals surface area contributed by atoms with Gasteiger partial charge in [0.2, 0.25) is 0 Å². The van der Waals surface area contributed by atoms with Crippen LogP contribution < -0.4 is 16.0 Å². The number of amides is 2. The molecule has 0 aliphatic rings. The number of rotatable bonds is 6. The van der Waals surface area contributed by atoms with Crippen molar-refractivity contribution in [3.05, 3.63) is 60.0 Å². The van der Waals surface area contributed by atoms with Gasteiger partial charge in [0.25, 0.3) is 0 Å². The molecule has 2 rings (SSSR count). The van der Waals surface area contributed by atoms with Crippen molar-refractivity contribution in [2.24, 2.45) is 0 Å². The summed E-state index contributed by atoms with van der Waals surface area (Å²) in [6.07, 6.45) is 1.70. The van der Waals surface area contributed by atoms with Gasteiger partial charge in [0.05, 0.1) is 0 Å². The van der Waals surface area contributed by atoms with Gasteiger partial charge in [0, 0.05) is 25.8 Å². The highest BCUT2D eigenvalue weighted by atomic mass is 19.1. The Kier molecular flexibility index (Phi) is 5.51. The van der Waals surface area contributed by atoms with Crippen LogP contribution >= 0.6 is 0 Å². The zero-order valence-corrected chi connectivity index (χ0v) is 11.5. The molecule has 1 heterocycles. The molecular weight excluding hydrogens is 271 g/mol. The number of nitrogens with zero attached hydrogens (tertiary/aromatic N) is 1. The van der Waals surface area contributed by atoms with Crippen LogP contribution in [-0.2, 0) is 6.54 Å². The van der Waals surface area contributed by atoms with E-state index >= 15 is 0 Å². The average molecular weight is 288 g/mol. The quantitative estimate of drug-likeness (QED) is 0.713. The third-order valence-corrected chi connectivity index (χ3v) is 2.75. The number of anilines is 1. The van der Waals surface area contributed by atoms with Crippen molar-refractivity contribution in [3.63, 3.8) is 0 Å². The van der Waals surface area contributed by atoms with E-state index in [2.05, 4.69) is 20.9 Å². The summed E-state index contributed by atoms with van der Waals surface area (Å²) >= 11 is 0. The molecule has 6 heteroatoms. The highest BCUT2D eigenvalue weighted by Crippen LogP contribution is 2.01. The lowest BCUT2D eigenvalue weighted by molar-refractivity contribution is 0.241. The summed E-state index contributed by atoms with van der Waals surface area (Å²) in [7, 11) is 0. The van der Waals surface area contributed by atoms with E-state index in [1.165, 1.54) is 12.1 Å². The maximum absolute atomic E-state index is 12.7. The number of hydrogen-bond donors (Lipinski definition) is 3. The lowest BCUT2D eigenvalue weighted by Crippen LogP contribution is -2.37. The van der Waals surface area contributed by atoms with Crippen LogP contribution in [0.1, 0.15) is 5.56 Å². The summed E-state index contributed by atoms with van der Waals surface area (Å²) in [5.74, 6) is 0.481. The van der Waals surface area contributed by atoms with E-state index in [-0.39, 0.29) is 11.8 Å². The minimum Gasteiger partial charge on any atom is -0.368 e. The Morgan fingerprint density at radius 1 is 1.05 bits per heavy atom. The molecule has 0 aliphatic heterocycles. The second-order valence-corrected chi connectivity index (χ2v) is 4.38. The van der Waals surface area contributed by atoms with Gasteiger partial charge in [-0.05, 0) is 29.8 Å². The van der Waals surface area contributed by atoms with Gasteiger partial charge < -0.3 is 16.0 Å². The maximum Gasteiger partial charge on any atom is 0.315 e. The summed E-state index contributed by atoms with van der Waals surface area (Å²) in [5, 5.41) is 8.51. The fourth-order valence-electron chi connectivity index (χ4n) is 1.68. The van der Waals surface area contributed by atoms with Crippen LogP contribution in [0.25, 0.3) is 0 Å². The molecule has 2 aromatic rings. The molecule has 2 amide bonds. The van der Waals surface area contributed by atoms with Crippen molar-refractivity contribution in [2.45, 2.75) is 6.54 Å². The number of urea groups is 1. The van der Waals surface area contributed by atoms with Crippen LogP contribution in [0.15, 0.2) is 48.7 Å². The maximum atomic E-state index is 12.7. The van der Waals surface area contributed by atoms with Gasteiger partial charge in [-0.25, -0.2) is 14.2 Å². The number of carbonyl (C=O) groups is 1. The number of carbonyl (C=O) groups excluding carboxylic acids is 1. The molecule has 5 nitrogen and oxygen atoms in total. The minimum absolute atomic E-state index is 0.262. The third kappa shape index (κ3) is 5.48. The van der Waals surface area contributed by atoms with Crippen LogP contribution in [0, 0.1) is 5.82 Å². The Morgan fingerprint density at radius 3 is 2.57 bits per heavy atom. The SMILES string of the molecule is O=C(NCCNc1ccccn1)NCc1ccc(F)cc1. The number of hydrogen-bond acceptors (Lipinski definition) is 3. The van der Waals surface area contributed by atoms with Gasteiger partial charge in [-0.3, -0.25) is 0 Å². The Labute approximate surface area is 122 Å². The molecule has 0 fully saturated rings. The molecule has 0 unspecified atom stereocenters. The first-order valence-corrected chi connectivity index (χ1v) is 6.65. The van der Waals surface area contributed by atoms with Crippen molar-refractivity contribution in [2.75, 3.05) is 18.4 Å². The zero-order valence-electron chi connectivity index (χ0n) is 11.5. The monoisotopic (exact) mass is 288 g/mol. The fourth-order valence-corrected chi connectivity index (χ4v) is 1.68. The van der Waals surface area contributed by atoms with E-state index in [0.29, 0.717) is 19.6 Å². The van der Waals surface area contributed by atoms with Crippen LogP contribution in [0.2, 0.25) is 0 Å². The first kappa shape index (κ1) is 14.8. The zero-order chi connectivity index (χ0) is 14.9. The van der Waals surface area contributed by atoms with E-state index < -0.39 is 0 Å². The highest BCUT2D eigenvalue weighted by Gasteiger charge is 2.00. The summed E-state index contributed by atoms with van der Waals surface area (Å²) < 4.78 is 12.7. The second kappa shape index (κ2) is 7.84. The highest BCUT2D eigenvalue weighted by molar-refractivity contribution is 5.73. The number of pyridine rings is 1.